The number of hydrogen-bond donors (Lipinski definition) is 0. The maximum atomic E-state index is 11.1. The summed E-state index contributed by atoms with van der Waals surface area (Å²) in [5, 5.41) is 22.2. The van der Waals surface area contributed by atoms with Crippen molar-refractivity contribution in [3.8, 4) is 23.0 Å². The van der Waals surface area contributed by atoms with Gasteiger partial charge in [0.25, 0.3) is 11.4 Å². The van der Waals surface area contributed by atoms with Crippen LogP contribution in [0.4, 0.5) is 11.4 Å². The average molecular weight is 539 g/mol. The third kappa shape index (κ3) is 9.97. The molecule has 2 aromatic carbocycles. The van der Waals surface area contributed by atoms with Crippen molar-refractivity contribution in [1.82, 2.24) is 0 Å². The largest absolute Gasteiger partial charge is 0.487 e. The quantitative estimate of drug-likeness (QED) is 0.407. The Morgan fingerprint density at radius 2 is 0.737 bits per heavy atom. The van der Waals surface area contributed by atoms with E-state index >= 15 is 0 Å². The second kappa shape index (κ2) is 16.2. The molecule has 0 aromatic heterocycles. The van der Waals surface area contributed by atoms with Crippen LogP contribution in [0.5, 0.6) is 23.0 Å². The molecule has 14 nitrogen and oxygen atoms in total. The van der Waals surface area contributed by atoms with Gasteiger partial charge in [0.1, 0.15) is 26.4 Å². The molecule has 0 aliphatic carbocycles. The van der Waals surface area contributed by atoms with Gasteiger partial charge >= 0.3 is 0 Å². The van der Waals surface area contributed by atoms with Crippen molar-refractivity contribution >= 4 is 11.4 Å². The zero-order chi connectivity index (χ0) is 27.0. The lowest BCUT2D eigenvalue weighted by Gasteiger charge is -2.14. The fourth-order valence-corrected chi connectivity index (χ4v) is 3.17. The zero-order valence-corrected chi connectivity index (χ0v) is 20.7. The van der Waals surface area contributed by atoms with E-state index in [2.05, 4.69) is 0 Å². The molecule has 1 aliphatic heterocycles. The highest BCUT2D eigenvalue weighted by molar-refractivity contribution is 5.49. The minimum absolute atomic E-state index is 0.115. The summed E-state index contributed by atoms with van der Waals surface area (Å²) in [6.45, 7) is 2.86. The number of fused-ring (bicyclic) bond motifs is 2. The molecule has 0 unspecified atom stereocenters. The molecule has 14 heteroatoms. The van der Waals surface area contributed by atoms with Gasteiger partial charge in [0.05, 0.1) is 74.8 Å². The van der Waals surface area contributed by atoms with E-state index in [0.29, 0.717) is 37.9 Å². The molecule has 3 rings (SSSR count). The Balaban J connectivity index is 1.54. The highest BCUT2D eigenvalue weighted by Gasteiger charge is 2.15. The van der Waals surface area contributed by atoms with Gasteiger partial charge in [0, 0.05) is 12.1 Å². The molecule has 0 fully saturated rings. The Morgan fingerprint density at radius 1 is 0.447 bits per heavy atom. The second-order valence-corrected chi connectivity index (χ2v) is 7.62. The van der Waals surface area contributed by atoms with Crippen LogP contribution in [0, 0.1) is 20.2 Å². The molecule has 0 spiro atoms. The van der Waals surface area contributed by atoms with Crippen LogP contribution in [0.2, 0.25) is 0 Å². The fraction of sp³-hybridized carbons (Fsp3) is 0.500. The highest BCUT2D eigenvalue weighted by atomic mass is 16.6. The third-order valence-corrected chi connectivity index (χ3v) is 4.96. The van der Waals surface area contributed by atoms with Gasteiger partial charge in [0.2, 0.25) is 0 Å². The summed E-state index contributed by atoms with van der Waals surface area (Å²) in [4.78, 5) is 21.2. The van der Waals surface area contributed by atoms with E-state index in [1.807, 2.05) is 0 Å². The van der Waals surface area contributed by atoms with E-state index in [4.69, 9.17) is 37.9 Å². The summed E-state index contributed by atoms with van der Waals surface area (Å²) < 4.78 is 44.5. The SMILES string of the molecule is O=[N+]([O-])c1ccc2c(c1)OCCOCCOCCOc1ccc([N+](=O)[O-])cc1OCCOCCOCCO2. The molecule has 0 bridgehead atoms. The Hall–Kier alpha value is -3.72. The Kier molecular flexibility index (Phi) is 12.3. The number of benzene rings is 2. The maximum Gasteiger partial charge on any atom is 0.273 e. The minimum atomic E-state index is -0.510. The van der Waals surface area contributed by atoms with Gasteiger partial charge in [-0.15, -0.1) is 0 Å². The van der Waals surface area contributed by atoms with Gasteiger partial charge in [-0.3, -0.25) is 20.2 Å². The van der Waals surface area contributed by atoms with Gasteiger partial charge in [-0.25, -0.2) is 0 Å². The molecule has 38 heavy (non-hydrogen) atoms. The van der Waals surface area contributed by atoms with Crippen molar-refractivity contribution < 1.29 is 47.7 Å². The zero-order valence-electron chi connectivity index (χ0n) is 20.7. The second-order valence-electron chi connectivity index (χ2n) is 7.62. The number of hydrogen-bond acceptors (Lipinski definition) is 12. The van der Waals surface area contributed by atoms with Crippen molar-refractivity contribution in [2.75, 3.05) is 79.3 Å². The molecule has 0 N–H and O–H groups in total. The molecule has 1 aliphatic rings. The van der Waals surface area contributed by atoms with Gasteiger partial charge in [0.15, 0.2) is 23.0 Å². The molecular formula is C24H30N2O12. The maximum absolute atomic E-state index is 11.1. The van der Waals surface area contributed by atoms with Crippen LogP contribution in [-0.2, 0) is 18.9 Å². The first-order chi connectivity index (χ1) is 18.5. The Bertz CT molecular complexity index is 954. The van der Waals surface area contributed by atoms with Crippen molar-refractivity contribution in [3.63, 3.8) is 0 Å². The average Bonchev–Trinajstić information content (AvgIpc) is 2.91. The smallest absolute Gasteiger partial charge is 0.273 e. The summed E-state index contributed by atoms with van der Waals surface area (Å²) in [5.74, 6) is 1.18. The van der Waals surface area contributed by atoms with Gasteiger partial charge in [-0.05, 0) is 12.1 Å². The van der Waals surface area contributed by atoms with Crippen LogP contribution in [-0.4, -0.2) is 89.1 Å². The van der Waals surface area contributed by atoms with E-state index in [1.165, 1.54) is 36.4 Å². The van der Waals surface area contributed by atoms with Gasteiger partial charge in [-0.2, -0.15) is 0 Å². The van der Waals surface area contributed by atoms with E-state index < -0.39 is 9.85 Å². The predicted molar refractivity (Wildman–Crippen MR) is 131 cm³/mol. The first kappa shape index (κ1) is 28.8. The summed E-state index contributed by atoms with van der Waals surface area (Å²) in [5.41, 5.74) is -0.231. The lowest BCUT2D eigenvalue weighted by molar-refractivity contribution is -0.385. The molecule has 208 valence electrons. The van der Waals surface area contributed by atoms with Crippen molar-refractivity contribution in [2.45, 2.75) is 0 Å². The van der Waals surface area contributed by atoms with Crippen LogP contribution < -0.4 is 18.9 Å². The van der Waals surface area contributed by atoms with Crippen LogP contribution in [0.3, 0.4) is 0 Å². The van der Waals surface area contributed by atoms with E-state index in [-0.39, 0.29) is 75.7 Å². The van der Waals surface area contributed by atoms with E-state index in [1.54, 1.807) is 0 Å². The third-order valence-electron chi connectivity index (χ3n) is 4.96. The standard InChI is InChI=1S/C24H30N2O12/c27-25(28)19-1-3-21-23(17-19)37-15-11-33-8-6-32-10-14-36-22-4-2-20(26(29)30)18-24(22)38-16-12-34-7-5-31-9-13-35-21/h1-4,17-18H,5-16H2. The number of rotatable bonds is 2. The van der Waals surface area contributed by atoms with Gasteiger partial charge in [-0.1, -0.05) is 0 Å². The van der Waals surface area contributed by atoms with Crippen LogP contribution in [0.25, 0.3) is 0 Å². The van der Waals surface area contributed by atoms with Crippen LogP contribution in [0.15, 0.2) is 36.4 Å². The van der Waals surface area contributed by atoms with Crippen LogP contribution >= 0.6 is 0 Å². The number of nitro groups is 2. The first-order valence-electron chi connectivity index (χ1n) is 11.9. The van der Waals surface area contributed by atoms with Crippen molar-refractivity contribution in [1.29, 1.82) is 0 Å². The monoisotopic (exact) mass is 538 g/mol. The topological polar surface area (TPSA) is 160 Å². The molecule has 0 saturated heterocycles. The summed E-state index contributed by atoms with van der Waals surface area (Å²) >= 11 is 0. The molecular weight excluding hydrogens is 508 g/mol. The summed E-state index contributed by atoms with van der Waals surface area (Å²) in [6, 6.07) is 8.23. The van der Waals surface area contributed by atoms with Crippen LogP contribution in [0.1, 0.15) is 0 Å². The molecule has 0 saturated carbocycles. The number of nitro benzene ring substituents is 2. The van der Waals surface area contributed by atoms with Gasteiger partial charge < -0.3 is 37.9 Å². The number of non-ortho nitro benzene ring substituents is 2. The number of nitrogens with zero attached hydrogens (tertiary/aromatic N) is 2. The molecule has 0 amide bonds. The summed E-state index contributed by atoms with van der Waals surface area (Å²) in [7, 11) is 0. The van der Waals surface area contributed by atoms with E-state index in [9.17, 15) is 20.2 Å². The first-order valence-corrected chi connectivity index (χ1v) is 11.9. The normalized spacial score (nSPS) is 17.1. The van der Waals surface area contributed by atoms with Crippen molar-refractivity contribution in [3.05, 3.63) is 56.6 Å². The Morgan fingerprint density at radius 3 is 1.05 bits per heavy atom. The highest BCUT2D eigenvalue weighted by Crippen LogP contribution is 2.32. The van der Waals surface area contributed by atoms with E-state index in [0.717, 1.165) is 0 Å². The van der Waals surface area contributed by atoms with Crippen molar-refractivity contribution in [2.24, 2.45) is 0 Å². The molecule has 2 aromatic rings. The molecule has 1 heterocycles. The fourth-order valence-electron chi connectivity index (χ4n) is 3.17. The molecule has 0 radical (unpaired) electrons. The lowest BCUT2D eigenvalue weighted by atomic mass is 10.3. The minimum Gasteiger partial charge on any atom is -0.487 e. The lowest BCUT2D eigenvalue weighted by Crippen LogP contribution is -2.15. The molecule has 0 atom stereocenters. The predicted octanol–water partition coefficient (Wildman–Crippen LogP) is 2.80. The Labute approximate surface area is 218 Å². The number of ether oxygens (including phenoxy) is 8. The summed E-state index contributed by atoms with van der Waals surface area (Å²) in [6.07, 6.45) is 0.